The van der Waals surface area contributed by atoms with Gasteiger partial charge in [0, 0.05) is 21.2 Å². The minimum absolute atomic E-state index is 0.0147. The first-order chi connectivity index (χ1) is 18.7. The molecule has 198 valence electrons. The van der Waals surface area contributed by atoms with Crippen LogP contribution in [0.5, 0.6) is 17.2 Å². The van der Waals surface area contributed by atoms with E-state index in [1.54, 1.807) is 80.8 Å². The number of hydrogen-bond acceptors (Lipinski definition) is 6. The summed E-state index contributed by atoms with van der Waals surface area (Å²) in [5, 5.41) is 10.7. The highest BCUT2D eigenvalue weighted by Crippen LogP contribution is 2.33. The summed E-state index contributed by atoms with van der Waals surface area (Å²) in [6.45, 7) is 1.80. The Labute approximate surface area is 236 Å². The molecule has 1 aliphatic rings. The Morgan fingerprint density at radius 2 is 1.67 bits per heavy atom. The maximum atomic E-state index is 13.5. The van der Waals surface area contributed by atoms with Gasteiger partial charge >= 0.3 is 0 Å². The van der Waals surface area contributed by atoms with Gasteiger partial charge in [0.1, 0.15) is 24.0 Å². The predicted molar refractivity (Wildman–Crippen MR) is 149 cm³/mol. The largest absolute Gasteiger partial charge is 0.497 e. The molecule has 0 fully saturated rings. The highest BCUT2D eigenvalue weighted by molar-refractivity contribution is 6.35. The molecule has 0 radical (unpaired) electrons. The quantitative estimate of drug-likeness (QED) is 0.233. The van der Waals surface area contributed by atoms with Gasteiger partial charge in [-0.3, -0.25) is 14.5 Å². The van der Waals surface area contributed by atoms with Gasteiger partial charge in [-0.15, -0.1) is 0 Å². The Hall–Kier alpha value is -4.25. The van der Waals surface area contributed by atoms with Crippen molar-refractivity contribution in [1.82, 2.24) is 4.90 Å². The molecule has 0 N–H and O–H groups in total. The van der Waals surface area contributed by atoms with Crippen molar-refractivity contribution in [3.05, 3.63) is 104 Å². The van der Waals surface area contributed by atoms with Gasteiger partial charge in [0.05, 0.1) is 20.8 Å². The SMILES string of the molecule is COc1ccc(CN2C(=O)C(C#N)=C(C)/C(=C\c3ccc(OCc4ccc(Cl)cc4Cl)c(OC)c3)C2=O)cc1. The van der Waals surface area contributed by atoms with E-state index in [1.807, 2.05) is 6.07 Å². The van der Waals surface area contributed by atoms with Crippen LogP contribution in [0.25, 0.3) is 6.08 Å². The monoisotopic (exact) mass is 562 g/mol. The van der Waals surface area contributed by atoms with Crippen molar-refractivity contribution in [3.63, 3.8) is 0 Å². The summed E-state index contributed by atoms with van der Waals surface area (Å²) in [5.74, 6) is 0.439. The second-order valence-electron chi connectivity index (χ2n) is 8.65. The van der Waals surface area contributed by atoms with Crippen molar-refractivity contribution in [2.45, 2.75) is 20.1 Å². The zero-order chi connectivity index (χ0) is 28.1. The number of carbonyl (C=O) groups is 2. The lowest BCUT2D eigenvalue weighted by atomic mass is 9.93. The maximum absolute atomic E-state index is 13.5. The molecule has 0 spiro atoms. The van der Waals surface area contributed by atoms with Crippen molar-refractivity contribution in [2.24, 2.45) is 0 Å². The number of ether oxygens (including phenoxy) is 3. The molecule has 7 nitrogen and oxygen atoms in total. The second kappa shape index (κ2) is 12.1. The summed E-state index contributed by atoms with van der Waals surface area (Å²) in [7, 11) is 3.06. The first-order valence-corrected chi connectivity index (χ1v) is 12.6. The van der Waals surface area contributed by atoms with Crippen molar-refractivity contribution in [1.29, 1.82) is 5.26 Å². The Balaban J connectivity index is 1.62. The fourth-order valence-electron chi connectivity index (χ4n) is 4.04. The molecule has 0 saturated heterocycles. The Morgan fingerprint density at radius 1 is 0.923 bits per heavy atom. The van der Waals surface area contributed by atoms with Crippen molar-refractivity contribution in [2.75, 3.05) is 14.2 Å². The molecular weight excluding hydrogens is 539 g/mol. The fraction of sp³-hybridized carbons (Fsp3) is 0.167. The number of methoxy groups -OCH3 is 2. The molecule has 1 heterocycles. The molecule has 0 unspecified atom stereocenters. The van der Waals surface area contributed by atoms with E-state index >= 15 is 0 Å². The van der Waals surface area contributed by atoms with Gasteiger partial charge in [0.25, 0.3) is 11.8 Å². The van der Waals surface area contributed by atoms with Gasteiger partial charge in [-0.25, -0.2) is 0 Å². The maximum Gasteiger partial charge on any atom is 0.271 e. The number of hydrogen-bond donors (Lipinski definition) is 0. The van der Waals surface area contributed by atoms with Crippen molar-refractivity contribution in [3.8, 4) is 23.3 Å². The number of nitrogens with zero attached hydrogens (tertiary/aromatic N) is 2. The third-order valence-corrected chi connectivity index (χ3v) is 6.81. The summed E-state index contributed by atoms with van der Waals surface area (Å²) in [6, 6.07) is 19.3. The van der Waals surface area contributed by atoms with Crippen LogP contribution in [-0.2, 0) is 22.7 Å². The van der Waals surface area contributed by atoms with E-state index in [2.05, 4.69) is 0 Å². The second-order valence-corrected chi connectivity index (χ2v) is 9.49. The molecule has 0 bridgehead atoms. The van der Waals surface area contributed by atoms with Crippen LogP contribution in [0.15, 0.2) is 77.4 Å². The number of amides is 2. The number of carbonyl (C=O) groups excluding carboxylic acids is 2. The van der Waals surface area contributed by atoms with Gasteiger partial charge in [-0.2, -0.15) is 5.26 Å². The summed E-state index contributed by atoms with van der Waals surface area (Å²) >= 11 is 12.2. The van der Waals surface area contributed by atoms with E-state index in [0.717, 1.165) is 16.0 Å². The molecule has 4 rings (SSSR count). The van der Waals surface area contributed by atoms with Crippen LogP contribution in [0.4, 0.5) is 0 Å². The van der Waals surface area contributed by atoms with E-state index in [-0.39, 0.29) is 24.3 Å². The first-order valence-electron chi connectivity index (χ1n) is 11.8. The average molecular weight is 563 g/mol. The van der Waals surface area contributed by atoms with E-state index in [4.69, 9.17) is 37.4 Å². The van der Waals surface area contributed by atoms with Crippen molar-refractivity contribution < 1.29 is 23.8 Å². The Morgan fingerprint density at radius 3 is 2.31 bits per heavy atom. The smallest absolute Gasteiger partial charge is 0.271 e. The third-order valence-electron chi connectivity index (χ3n) is 6.22. The van der Waals surface area contributed by atoms with Gasteiger partial charge in [0.2, 0.25) is 0 Å². The molecule has 0 aromatic heterocycles. The lowest BCUT2D eigenvalue weighted by Gasteiger charge is -2.27. The van der Waals surface area contributed by atoms with E-state index < -0.39 is 11.8 Å². The molecular formula is C30H24Cl2N2O5. The minimum Gasteiger partial charge on any atom is -0.497 e. The summed E-state index contributed by atoms with van der Waals surface area (Å²) in [4.78, 5) is 27.5. The molecule has 1 aliphatic heterocycles. The molecule has 0 aliphatic carbocycles. The summed E-state index contributed by atoms with van der Waals surface area (Å²) in [6.07, 6.45) is 1.63. The van der Waals surface area contributed by atoms with Crippen LogP contribution >= 0.6 is 23.2 Å². The third kappa shape index (κ3) is 6.09. The fourth-order valence-corrected chi connectivity index (χ4v) is 4.50. The van der Waals surface area contributed by atoms with E-state index in [9.17, 15) is 14.9 Å². The normalized spacial score (nSPS) is 14.5. The van der Waals surface area contributed by atoms with Crippen molar-refractivity contribution >= 4 is 41.1 Å². The van der Waals surface area contributed by atoms with Gasteiger partial charge in [-0.1, -0.05) is 47.5 Å². The van der Waals surface area contributed by atoms with Crippen LogP contribution in [0, 0.1) is 11.3 Å². The van der Waals surface area contributed by atoms with Crippen LogP contribution in [-0.4, -0.2) is 30.9 Å². The predicted octanol–water partition coefficient (Wildman–Crippen LogP) is 6.38. The van der Waals surface area contributed by atoms with Gasteiger partial charge in [-0.05, 0) is 66.1 Å². The van der Waals surface area contributed by atoms with Crippen LogP contribution < -0.4 is 14.2 Å². The van der Waals surface area contributed by atoms with Gasteiger partial charge in [0.15, 0.2) is 11.5 Å². The average Bonchev–Trinajstić information content (AvgIpc) is 2.94. The molecule has 39 heavy (non-hydrogen) atoms. The molecule has 3 aromatic carbocycles. The molecule has 2 amide bonds. The molecule has 9 heteroatoms. The number of imide groups is 1. The topological polar surface area (TPSA) is 88.9 Å². The zero-order valence-corrected chi connectivity index (χ0v) is 23.0. The Bertz CT molecular complexity index is 1540. The highest BCUT2D eigenvalue weighted by atomic mass is 35.5. The van der Waals surface area contributed by atoms with E-state index in [0.29, 0.717) is 38.4 Å². The highest BCUT2D eigenvalue weighted by Gasteiger charge is 2.35. The number of nitriles is 1. The zero-order valence-electron chi connectivity index (χ0n) is 21.5. The Kier molecular flexibility index (Phi) is 8.60. The molecule has 3 aromatic rings. The van der Waals surface area contributed by atoms with E-state index in [1.165, 1.54) is 7.11 Å². The number of rotatable bonds is 8. The molecule has 0 atom stereocenters. The number of benzene rings is 3. The summed E-state index contributed by atoms with van der Waals surface area (Å²) in [5.41, 5.74) is 2.58. The number of halogens is 2. The minimum atomic E-state index is -0.629. The lowest BCUT2D eigenvalue weighted by molar-refractivity contribution is -0.141. The van der Waals surface area contributed by atoms with Crippen LogP contribution in [0.2, 0.25) is 10.0 Å². The lowest BCUT2D eigenvalue weighted by Crippen LogP contribution is -2.42. The van der Waals surface area contributed by atoms with Gasteiger partial charge < -0.3 is 14.2 Å². The standard InChI is InChI=1S/C30H24Cl2N2O5/c1-18-24(29(35)34(30(36)25(18)15-33)16-19-4-9-23(37-2)10-5-19)12-20-6-11-27(28(13-20)38-3)39-17-21-7-8-22(31)14-26(21)32/h4-14H,16-17H2,1-3H3/b24-12+. The first kappa shape index (κ1) is 27.8. The van der Waals surface area contributed by atoms with Crippen LogP contribution in [0.3, 0.4) is 0 Å². The summed E-state index contributed by atoms with van der Waals surface area (Å²) < 4.78 is 16.6. The van der Waals surface area contributed by atoms with Crippen LogP contribution in [0.1, 0.15) is 23.6 Å². The molecule has 0 saturated carbocycles.